The second-order valence-corrected chi connectivity index (χ2v) is 7.68. The third-order valence-corrected chi connectivity index (χ3v) is 5.57. The molecule has 11 heteroatoms. The summed E-state index contributed by atoms with van der Waals surface area (Å²) >= 11 is 6.86. The van der Waals surface area contributed by atoms with E-state index < -0.39 is 0 Å². The molecule has 3 aromatic heterocycles. The molecule has 0 aliphatic rings. The van der Waals surface area contributed by atoms with Crippen LogP contribution in [-0.4, -0.2) is 43.0 Å². The normalized spacial score (nSPS) is 10.8. The van der Waals surface area contributed by atoms with Gasteiger partial charge in [0.1, 0.15) is 11.6 Å². The monoisotopic (exact) mass is 441 g/mol. The van der Waals surface area contributed by atoms with E-state index in [0.717, 1.165) is 22.0 Å². The van der Waals surface area contributed by atoms with Crippen molar-refractivity contribution in [3.8, 4) is 27.8 Å². The van der Waals surface area contributed by atoms with Crippen molar-refractivity contribution in [2.45, 2.75) is 19.5 Å². The highest BCUT2D eigenvalue weighted by molar-refractivity contribution is 7.71. The van der Waals surface area contributed by atoms with Crippen molar-refractivity contribution in [1.29, 1.82) is 0 Å². The number of nitrogens with one attached hydrogen (secondary N) is 3. The third-order valence-electron chi connectivity index (χ3n) is 4.40. The van der Waals surface area contributed by atoms with E-state index in [1.54, 1.807) is 18.4 Å². The van der Waals surface area contributed by atoms with Crippen LogP contribution in [0.4, 0.5) is 0 Å². The van der Waals surface area contributed by atoms with E-state index in [1.165, 1.54) is 0 Å². The first-order chi connectivity index (χ1) is 14.6. The number of aromatic nitrogens is 6. The lowest BCUT2D eigenvalue weighted by atomic mass is 10.2. The highest BCUT2D eigenvalue weighted by Gasteiger charge is 2.12. The highest BCUT2D eigenvalue weighted by Crippen LogP contribution is 2.23. The summed E-state index contributed by atoms with van der Waals surface area (Å²) in [7, 11) is 1.62. The molecule has 0 spiro atoms. The number of carbonyl (C=O) groups excluding carboxylic acids is 1. The quantitative estimate of drug-likeness (QED) is 0.362. The molecule has 0 bridgehead atoms. The number of aromatic amines is 2. The average molecular weight is 442 g/mol. The molecule has 4 rings (SSSR count). The summed E-state index contributed by atoms with van der Waals surface area (Å²) in [5, 5.41) is 18.9. The van der Waals surface area contributed by atoms with Crippen LogP contribution in [0.25, 0.3) is 22.1 Å². The Morgan fingerprint density at radius 1 is 1.23 bits per heavy atom. The Bertz CT molecular complexity index is 1180. The van der Waals surface area contributed by atoms with Gasteiger partial charge < -0.3 is 10.1 Å². The van der Waals surface area contributed by atoms with Crippen molar-refractivity contribution in [2.75, 3.05) is 7.11 Å². The molecule has 1 aromatic carbocycles. The molecule has 0 saturated carbocycles. The van der Waals surface area contributed by atoms with Gasteiger partial charge in [0.2, 0.25) is 5.91 Å². The van der Waals surface area contributed by atoms with Crippen LogP contribution in [-0.2, 0) is 17.9 Å². The summed E-state index contributed by atoms with van der Waals surface area (Å²) in [5.41, 5.74) is 0.861. The van der Waals surface area contributed by atoms with Crippen molar-refractivity contribution in [2.24, 2.45) is 0 Å². The number of hydrogen-bond donors (Lipinski definition) is 3. The highest BCUT2D eigenvalue weighted by atomic mass is 32.1. The SMILES string of the molecule is COc1ccc(-c2n[nH]c(CNC(=O)CCn3c(-c4cccs4)n[nH]c3=S)n2)cc1. The van der Waals surface area contributed by atoms with Gasteiger partial charge in [-0.15, -0.1) is 11.3 Å². The molecule has 0 unspecified atom stereocenters. The number of benzene rings is 1. The number of amides is 1. The predicted molar refractivity (Wildman–Crippen MR) is 116 cm³/mol. The van der Waals surface area contributed by atoms with Gasteiger partial charge in [-0.3, -0.25) is 19.6 Å². The summed E-state index contributed by atoms with van der Waals surface area (Å²) in [4.78, 5) is 17.7. The average Bonchev–Trinajstić information content (AvgIpc) is 3.52. The minimum absolute atomic E-state index is 0.113. The van der Waals surface area contributed by atoms with E-state index in [0.29, 0.717) is 23.0 Å². The molecule has 3 N–H and O–H groups in total. The number of rotatable bonds is 8. The maximum atomic E-state index is 12.3. The Kier molecular flexibility index (Phi) is 6.00. The zero-order valence-electron chi connectivity index (χ0n) is 16.1. The van der Waals surface area contributed by atoms with Gasteiger partial charge >= 0.3 is 0 Å². The summed E-state index contributed by atoms with van der Waals surface area (Å²) in [6, 6.07) is 11.4. The first kappa shape index (κ1) is 20.0. The number of carbonyl (C=O) groups is 1. The second-order valence-electron chi connectivity index (χ2n) is 6.34. The molecule has 3 heterocycles. The van der Waals surface area contributed by atoms with Crippen molar-refractivity contribution in [3.05, 3.63) is 52.4 Å². The fraction of sp³-hybridized carbons (Fsp3) is 0.211. The molecule has 154 valence electrons. The second kappa shape index (κ2) is 9.01. The van der Waals surface area contributed by atoms with Gasteiger partial charge in [0, 0.05) is 18.5 Å². The molecular weight excluding hydrogens is 422 g/mol. The number of nitrogens with zero attached hydrogens (tertiary/aromatic N) is 4. The van der Waals surface area contributed by atoms with Crippen molar-refractivity contribution < 1.29 is 9.53 Å². The summed E-state index contributed by atoms with van der Waals surface area (Å²) in [6.07, 6.45) is 0.270. The molecule has 0 radical (unpaired) electrons. The lowest BCUT2D eigenvalue weighted by Gasteiger charge is -2.06. The van der Waals surface area contributed by atoms with Crippen LogP contribution in [0, 0.1) is 4.77 Å². The van der Waals surface area contributed by atoms with Crippen molar-refractivity contribution in [3.63, 3.8) is 0 Å². The van der Waals surface area contributed by atoms with E-state index in [9.17, 15) is 4.79 Å². The fourth-order valence-corrected chi connectivity index (χ4v) is 3.79. The fourth-order valence-electron chi connectivity index (χ4n) is 2.85. The van der Waals surface area contributed by atoms with Gasteiger partial charge in [-0.25, -0.2) is 4.98 Å². The molecule has 0 aliphatic carbocycles. The van der Waals surface area contributed by atoms with E-state index in [1.807, 2.05) is 46.3 Å². The molecule has 1 amide bonds. The molecule has 0 saturated heterocycles. The van der Waals surface area contributed by atoms with Gasteiger partial charge in [0.25, 0.3) is 0 Å². The molecule has 30 heavy (non-hydrogen) atoms. The van der Waals surface area contributed by atoms with Gasteiger partial charge in [-0.05, 0) is 47.9 Å². The standard InChI is InChI=1S/C19H19N7O2S2/c1-28-13-6-4-12(5-7-13)17-21-15(22-23-17)11-20-16(27)8-9-26-18(24-25-19(26)29)14-3-2-10-30-14/h2-7,10H,8-9,11H2,1H3,(H,20,27)(H,25,29)(H,21,22,23). The van der Waals surface area contributed by atoms with Crippen LogP contribution in [0.15, 0.2) is 41.8 Å². The molecule has 4 aromatic rings. The van der Waals surface area contributed by atoms with Crippen LogP contribution in [0.2, 0.25) is 0 Å². The number of ether oxygens (including phenoxy) is 1. The maximum Gasteiger partial charge on any atom is 0.222 e. The van der Waals surface area contributed by atoms with Crippen LogP contribution < -0.4 is 10.1 Å². The lowest BCUT2D eigenvalue weighted by Crippen LogP contribution is -2.24. The number of H-pyrrole nitrogens is 2. The van der Waals surface area contributed by atoms with Crippen LogP contribution in [0.3, 0.4) is 0 Å². The van der Waals surface area contributed by atoms with E-state index in [-0.39, 0.29) is 18.9 Å². The number of hydrogen-bond acceptors (Lipinski definition) is 7. The Labute approximate surface area is 181 Å². The Balaban J connectivity index is 1.32. The molecule has 0 atom stereocenters. The summed E-state index contributed by atoms with van der Waals surface area (Å²) in [6.45, 7) is 0.693. The maximum absolute atomic E-state index is 12.3. The van der Waals surface area contributed by atoms with Crippen LogP contribution in [0.5, 0.6) is 5.75 Å². The van der Waals surface area contributed by atoms with Gasteiger partial charge in [-0.1, -0.05) is 6.07 Å². The van der Waals surface area contributed by atoms with Gasteiger partial charge in [-0.2, -0.15) is 10.2 Å². The first-order valence-corrected chi connectivity index (χ1v) is 10.4. The Morgan fingerprint density at radius 3 is 2.80 bits per heavy atom. The van der Waals surface area contributed by atoms with Crippen LogP contribution >= 0.6 is 23.6 Å². The largest absolute Gasteiger partial charge is 0.497 e. The minimum atomic E-state index is -0.113. The number of methoxy groups -OCH3 is 1. The zero-order chi connectivity index (χ0) is 20.9. The lowest BCUT2D eigenvalue weighted by molar-refractivity contribution is -0.121. The van der Waals surface area contributed by atoms with E-state index >= 15 is 0 Å². The summed E-state index contributed by atoms with van der Waals surface area (Å²) in [5.74, 6) is 2.53. The first-order valence-electron chi connectivity index (χ1n) is 9.15. The molecular formula is C19H19N7O2S2. The molecule has 0 aliphatic heterocycles. The predicted octanol–water partition coefficient (Wildman–Crippen LogP) is 3.17. The van der Waals surface area contributed by atoms with Crippen molar-refractivity contribution in [1.82, 2.24) is 35.3 Å². The van der Waals surface area contributed by atoms with Crippen LogP contribution in [0.1, 0.15) is 12.2 Å². The number of thiophene rings is 1. The van der Waals surface area contributed by atoms with E-state index in [2.05, 4.69) is 30.7 Å². The zero-order valence-corrected chi connectivity index (χ0v) is 17.7. The minimum Gasteiger partial charge on any atom is -0.497 e. The molecule has 0 fully saturated rings. The molecule has 9 nitrogen and oxygen atoms in total. The summed E-state index contributed by atoms with van der Waals surface area (Å²) < 4.78 is 7.47. The van der Waals surface area contributed by atoms with Gasteiger partial charge in [0.15, 0.2) is 16.4 Å². The van der Waals surface area contributed by atoms with E-state index in [4.69, 9.17) is 17.0 Å². The van der Waals surface area contributed by atoms with Gasteiger partial charge in [0.05, 0.1) is 18.5 Å². The smallest absolute Gasteiger partial charge is 0.222 e. The Hall–Kier alpha value is -3.31. The Morgan fingerprint density at radius 2 is 2.07 bits per heavy atom. The van der Waals surface area contributed by atoms with Crippen molar-refractivity contribution >= 4 is 29.5 Å². The topological polar surface area (TPSA) is 114 Å². The third kappa shape index (κ3) is 4.47.